The molecule has 0 aliphatic carbocycles. The van der Waals surface area contributed by atoms with Crippen molar-refractivity contribution in [2.24, 2.45) is 0 Å². The van der Waals surface area contributed by atoms with E-state index in [2.05, 4.69) is 4.57 Å². The lowest BCUT2D eigenvalue weighted by atomic mass is 10.1. The number of para-hydroxylation sites is 1. The second-order valence-electron chi connectivity index (χ2n) is 6.57. The molecule has 2 aromatic rings. The summed E-state index contributed by atoms with van der Waals surface area (Å²) in [5.74, 6) is -0.163. The van der Waals surface area contributed by atoms with E-state index >= 15 is 0 Å². The molecule has 0 unspecified atom stereocenters. The quantitative estimate of drug-likeness (QED) is 0.374. The summed E-state index contributed by atoms with van der Waals surface area (Å²) in [6.45, 7) is 6.10. The largest absolute Gasteiger partial charge is 0.496 e. The highest BCUT2D eigenvalue weighted by Gasteiger charge is 2.19. The smallest absolute Gasteiger partial charge is 0.331 e. The second kappa shape index (κ2) is 9.90. The third kappa shape index (κ3) is 5.10. The summed E-state index contributed by atoms with van der Waals surface area (Å²) in [7, 11) is 3.21. The van der Waals surface area contributed by atoms with Crippen LogP contribution in [0.4, 0.5) is 0 Å². The van der Waals surface area contributed by atoms with Crippen molar-refractivity contribution < 1.29 is 23.8 Å². The predicted molar refractivity (Wildman–Crippen MR) is 108 cm³/mol. The Morgan fingerprint density at radius 2 is 1.89 bits per heavy atom. The molecule has 0 fully saturated rings. The molecule has 1 aromatic carbocycles. The van der Waals surface area contributed by atoms with Gasteiger partial charge >= 0.3 is 5.97 Å². The van der Waals surface area contributed by atoms with Crippen molar-refractivity contribution in [3.63, 3.8) is 0 Å². The molecule has 0 aliphatic heterocycles. The van der Waals surface area contributed by atoms with Gasteiger partial charge in [0.05, 0.1) is 19.8 Å². The van der Waals surface area contributed by atoms with Crippen molar-refractivity contribution in [1.82, 2.24) is 4.57 Å². The number of nitrogens with zero attached hydrogens (tertiary/aromatic N) is 1. The summed E-state index contributed by atoms with van der Waals surface area (Å²) in [4.78, 5) is 24.5. The van der Waals surface area contributed by atoms with Crippen molar-refractivity contribution in [2.45, 2.75) is 26.8 Å². The molecule has 1 aromatic heterocycles. The molecule has 28 heavy (non-hydrogen) atoms. The number of aryl methyl sites for hydroxylation is 1. The summed E-state index contributed by atoms with van der Waals surface area (Å²) in [5.41, 5.74) is 3.12. The Labute approximate surface area is 165 Å². The fourth-order valence-electron chi connectivity index (χ4n) is 3.28. The summed E-state index contributed by atoms with van der Waals surface area (Å²) >= 11 is 0. The van der Waals surface area contributed by atoms with E-state index in [1.54, 1.807) is 26.4 Å². The topological polar surface area (TPSA) is 66.8 Å². The first-order valence-electron chi connectivity index (χ1n) is 9.07. The number of esters is 1. The number of carbonyl (C=O) groups is 2. The predicted octanol–water partition coefficient (Wildman–Crippen LogP) is 3.76. The SMILES string of the molecule is COC[C@H](C)n1c(C)cc(C(=O)COC(=O)/C=C/c2ccccc2OC)c1C. The Kier molecular flexibility index (Phi) is 7.58. The van der Waals surface area contributed by atoms with E-state index in [-0.39, 0.29) is 18.4 Å². The van der Waals surface area contributed by atoms with E-state index in [9.17, 15) is 9.59 Å². The number of rotatable bonds is 9. The normalized spacial score (nSPS) is 12.2. The van der Waals surface area contributed by atoms with Crippen LogP contribution in [-0.4, -0.2) is 43.8 Å². The zero-order chi connectivity index (χ0) is 20.7. The van der Waals surface area contributed by atoms with Crippen molar-refractivity contribution in [3.05, 3.63) is 58.9 Å². The van der Waals surface area contributed by atoms with Gasteiger partial charge in [0.1, 0.15) is 5.75 Å². The highest BCUT2D eigenvalue weighted by molar-refractivity contribution is 6.00. The summed E-state index contributed by atoms with van der Waals surface area (Å²) < 4.78 is 17.6. The van der Waals surface area contributed by atoms with Gasteiger partial charge < -0.3 is 18.8 Å². The first-order chi connectivity index (χ1) is 13.4. The lowest BCUT2D eigenvalue weighted by Crippen LogP contribution is -2.16. The van der Waals surface area contributed by atoms with E-state index in [0.717, 1.165) is 17.0 Å². The average molecular weight is 385 g/mol. The van der Waals surface area contributed by atoms with Gasteiger partial charge in [-0.1, -0.05) is 18.2 Å². The van der Waals surface area contributed by atoms with Crippen LogP contribution in [0.1, 0.15) is 40.3 Å². The molecule has 150 valence electrons. The minimum atomic E-state index is -0.583. The molecular weight excluding hydrogens is 358 g/mol. The monoisotopic (exact) mass is 385 g/mol. The first kappa shape index (κ1) is 21.4. The van der Waals surface area contributed by atoms with Crippen molar-refractivity contribution in [2.75, 3.05) is 27.4 Å². The van der Waals surface area contributed by atoms with Gasteiger partial charge in [-0.25, -0.2) is 4.79 Å². The Hall–Kier alpha value is -2.86. The highest BCUT2D eigenvalue weighted by atomic mass is 16.5. The standard InChI is InChI=1S/C22H27NO5/c1-15-12-19(17(3)23(15)16(2)13-26-4)20(24)14-28-22(25)11-10-18-8-6-7-9-21(18)27-5/h6-12,16H,13-14H2,1-5H3/b11-10+/t16-/m0/s1. The first-order valence-corrected chi connectivity index (χ1v) is 9.07. The molecule has 0 aliphatic rings. The van der Waals surface area contributed by atoms with Crippen molar-refractivity contribution in [1.29, 1.82) is 0 Å². The van der Waals surface area contributed by atoms with Crippen LogP contribution in [0.3, 0.4) is 0 Å². The number of ether oxygens (including phenoxy) is 3. The lowest BCUT2D eigenvalue weighted by molar-refractivity contribution is -0.136. The van der Waals surface area contributed by atoms with Gasteiger partial charge in [0.2, 0.25) is 5.78 Å². The van der Waals surface area contributed by atoms with E-state index in [1.807, 2.05) is 45.0 Å². The van der Waals surface area contributed by atoms with Crippen LogP contribution < -0.4 is 4.74 Å². The van der Waals surface area contributed by atoms with E-state index in [1.165, 1.54) is 6.08 Å². The molecular formula is C22H27NO5. The molecule has 6 heteroatoms. The molecule has 0 amide bonds. The zero-order valence-corrected chi connectivity index (χ0v) is 17.0. The number of aromatic nitrogens is 1. The van der Waals surface area contributed by atoms with Crippen molar-refractivity contribution >= 4 is 17.8 Å². The Morgan fingerprint density at radius 1 is 1.18 bits per heavy atom. The lowest BCUT2D eigenvalue weighted by Gasteiger charge is -2.17. The number of hydrogen-bond donors (Lipinski definition) is 0. The molecule has 0 N–H and O–H groups in total. The van der Waals surface area contributed by atoms with Crippen LogP contribution in [0.2, 0.25) is 0 Å². The second-order valence-corrected chi connectivity index (χ2v) is 6.57. The Morgan fingerprint density at radius 3 is 2.57 bits per heavy atom. The Bertz CT molecular complexity index is 866. The van der Waals surface area contributed by atoms with Crippen LogP contribution in [-0.2, 0) is 14.3 Å². The maximum absolute atomic E-state index is 12.5. The number of methoxy groups -OCH3 is 2. The minimum absolute atomic E-state index is 0.109. The molecule has 0 saturated heterocycles. The van der Waals surface area contributed by atoms with Gasteiger partial charge in [-0.05, 0) is 39.0 Å². The van der Waals surface area contributed by atoms with Gasteiger partial charge in [-0.2, -0.15) is 0 Å². The average Bonchev–Trinajstić information content (AvgIpc) is 2.99. The molecule has 0 saturated carbocycles. The van der Waals surface area contributed by atoms with Gasteiger partial charge in [0.15, 0.2) is 6.61 Å². The molecule has 6 nitrogen and oxygen atoms in total. The summed E-state index contributed by atoms with van der Waals surface area (Å²) in [6, 6.07) is 9.24. The van der Waals surface area contributed by atoms with Crippen LogP contribution in [0, 0.1) is 13.8 Å². The third-order valence-electron chi connectivity index (χ3n) is 4.52. The zero-order valence-electron chi connectivity index (χ0n) is 17.0. The molecule has 1 heterocycles. The maximum atomic E-state index is 12.5. The summed E-state index contributed by atoms with van der Waals surface area (Å²) in [6.07, 6.45) is 2.89. The number of Topliss-reactive ketones (excluding diaryl/α,β-unsaturated/α-hetero) is 1. The fraction of sp³-hybridized carbons (Fsp3) is 0.364. The third-order valence-corrected chi connectivity index (χ3v) is 4.52. The van der Waals surface area contributed by atoms with Crippen LogP contribution in [0.15, 0.2) is 36.4 Å². The fourth-order valence-corrected chi connectivity index (χ4v) is 3.28. The van der Waals surface area contributed by atoms with E-state index in [0.29, 0.717) is 17.9 Å². The Balaban J connectivity index is 2.01. The summed E-state index contributed by atoms with van der Waals surface area (Å²) in [5, 5.41) is 0. The van der Waals surface area contributed by atoms with E-state index < -0.39 is 5.97 Å². The molecule has 0 radical (unpaired) electrons. The molecule has 0 bridgehead atoms. The molecule has 1 atom stereocenters. The van der Waals surface area contributed by atoms with Gasteiger partial charge in [-0.15, -0.1) is 0 Å². The number of hydrogen-bond acceptors (Lipinski definition) is 5. The maximum Gasteiger partial charge on any atom is 0.331 e. The van der Waals surface area contributed by atoms with Gasteiger partial charge in [-0.3, -0.25) is 4.79 Å². The molecule has 2 rings (SSSR count). The van der Waals surface area contributed by atoms with Crippen LogP contribution in [0.5, 0.6) is 5.75 Å². The minimum Gasteiger partial charge on any atom is -0.496 e. The van der Waals surface area contributed by atoms with Gasteiger partial charge in [0, 0.05) is 35.7 Å². The van der Waals surface area contributed by atoms with Gasteiger partial charge in [0.25, 0.3) is 0 Å². The highest BCUT2D eigenvalue weighted by Crippen LogP contribution is 2.21. The number of benzene rings is 1. The number of ketones is 1. The van der Waals surface area contributed by atoms with E-state index in [4.69, 9.17) is 14.2 Å². The van der Waals surface area contributed by atoms with Crippen LogP contribution >= 0.6 is 0 Å². The van der Waals surface area contributed by atoms with Crippen molar-refractivity contribution in [3.8, 4) is 5.75 Å². The number of carbonyl (C=O) groups excluding carboxylic acids is 2. The molecule has 0 spiro atoms. The van der Waals surface area contributed by atoms with Crippen LogP contribution in [0.25, 0.3) is 6.08 Å².